The van der Waals surface area contributed by atoms with Crippen molar-refractivity contribution in [3.63, 3.8) is 0 Å². The van der Waals surface area contributed by atoms with Crippen molar-refractivity contribution in [1.82, 2.24) is 9.56 Å². The molecule has 2 aromatic carbocycles. The summed E-state index contributed by atoms with van der Waals surface area (Å²) in [7, 11) is 0. The van der Waals surface area contributed by atoms with Gasteiger partial charge >= 0.3 is 6.03 Å². The number of hydrogen-bond acceptors (Lipinski definition) is 6. The molecule has 9 heteroatoms. The zero-order valence-electron chi connectivity index (χ0n) is 16.9. The summed E-state index contributed by atoms with van der Waals surface area (Å²) in [5.74, 6) is 1.10. The molecule has 0 fully saturated rings. The van der Waals surface area contributed by atoms with Crippen molar-refractivity contribution >= 4 is 46.6 Å². The zero-order chi connectivity index (χ0) is 21.8. The highest BCUT2D eigenvalue weighted by Crippen LogP contribution is 2.29. The molecule has 0 unspecified atom stereocenters. The van der Waals surface area contributed by atoms with E-state index in [1.54, 1.807) is 24.8 Å². The molecule has 0 aliphatic carbocycles. The van der Waals surface area contributed by atoms with E-state index >= 15 is 0 Å². The van der Waals surface area contributed by atoms with Gasteiger partial charge in [-0.3, -0.25) is 4.79 Å². The Morgan fingerprint density at radius 1 is 1.10 bits per heavy atom. The van der Waals surface area contributed by atoms with Crippen LogP contribution in [0.3, 0.4) is 0 Å². The Labute approximate surface area is 187 Å². The first kappa shape index (κ1) is 21.1. The molecule has 0 saturated heterocycles. The normalized spacial score (nSPS) is 10.9. The fraction of sp³-hybridized carbons (Fsp3) is 0.136. The number of anilines is 2. The highest BCUT2D eigenvalue weighted by atomic mass is 32.2. The molecule has 31 heavy (non-hydrogen) atoms. The van der Waals surface area contributed by atoms with Crippen molar-refractivity contribution in [2.75, 3.05) is 16.9 Å². The van der Waals surface area contributed by atoms with Gasteiger partial charge in [0.1, 0.15) is 5.76 Å². The van der Waals surface area contributed by atoms with Crippen molar-refractivity contribution < 1.29 is 9.32 Å². The van der Waals surface area contributed by atoms with Crippen LogP contribution >= 0.6 is 23.5 Å². The van der Waals surface area contributed by atoms with Gasteiger partial charge in [-0.25, -0.2) is 9.78 Å². The standard InChI is InChI=1S/C22H20N4O3S2/c1-14-10-20-23-16(12-21(27)26(20)29-14)13-31-19-9-4-3-8-18(19)25-22(28)24-15-6-5-7-17(11-15)30-2/h3-12H,13H2,1-2H3,(H2,24,25,28). The largest absolute Gasteiger partial charge is 0.375 e. The summed E-state index contributed by atoms with van der Waals surface area (Å²) in [6.07, 6.45) is 1.99. The number of amides is 2. The number of carbonyl (C=O) groups is 1. The van der Waals surface area contributed by atoms with Gasteiger partial charge in [0.25, 0.3) is 5.56 Å². The minimum atomic E-state index is -0.321. The molecule has 0 saturated carbocycles. The molecular formula is C22H20N4O3S2. The Kier molecular flexibility index (Phi) is 6.34. The van der Waals surface area contributed by atoms with Gasteiger partial charge in [0.15, 0.2) is 5.65 Å². The van der Waals surface area contributed by atoms with E-state index in [0.29, 0.717) is 28.5 Å². The second-order valence-electron chi connectivity index (χ2n) is 6.68. The van der Waals surface area contributed by atoms with Gasteiger partial charge in [0.05, 0.1) is 11.4 Å². The first-order valence-electron chi connectivity index (χ1n) is 9.45. The number of carbonyl (C=O) groups excluding carboxylic acids is 1. The molecule has 0 atom stereocenters. The predicted molar refractivity (Wildman–Crippen MR) is 125 cm³/mol. The van der Waals surface area contributed by atoms with Gasteiger partial charge in [-0.2, -0.15) is 0 Å². The van der Waals surface area contributed by atoms with E-state index in [2.05, 4.69) is 15.6 Å². The van der Waals surface area contributed by atoms with Crippen molar-refractivity contribution in [2.24, 2.45) is 0 Å². The number of nitrogens with one attached hydrogen (secondary N) is 2. The fourth-order valence-electron chi connectivity index (χ4n) is 2.98. The molecule has 7 nitrogen and oxygen atoms in total. The smallest absolute Gasteiger partial charge is 0.323 e. The number of fused-ring (bicyclic) bond motifs is 1. The lowest BCUT2D eigenvalue weighted by Gasteiger charge is -2.12. The lowest BCUT2D eigenvalue weighted by atomic mass is 10.3. The molecule has 0 aliphatic heterocycles. The Morgan fingerprint density at radius 2 is 1.94 bits per heavy atom. The van der Waals surface area contributed by atoms with Crippen LogP contribution in [0, 0.1) is 6.92 Å². The van der Waals surface area contributed by atoms with Crippen LogP contribution in [0.25, 0.3) is 5.65 Å². The summed E-state index contributed by atoms with van der Waals surface area (Å²) in [4.78, 5) is 31.1. The minimum Gasteiger partial charge on any atom is -0.375 e. The number of hydrogen-bond donors (Lipinski definition) is 2. The number of benzene rings is 2. The molecule has 0 radical (unpaired) electrons. The van der Waals surface area contributed by atoms with Crippen LogP contribution in [0.15, 0.2) is 79.8 Å². The van der Waals surface area contributed by atoms with Crippen LogP contribution in [0.1, 0.15) is 11.5 Å². The van der Waals surface area contributed by atoms with Crippen LogP contribution < -0.4 is 16.2 Å². The summed E-state index contributed by atoms with van der Waals surface area (Å²) in [5.41, 5.74) is 2.28. The van der Waals surface area contributed by atoms with Gasteiger partial charge in [-0.1, -0.05) is 18.2 Å². The maximum absolute atomic E-state index is 12.5. The summed E-state index contributed by atoms with van der Waals surface area (Å²) in [5, 5.41) is 5.75. The Balaban J connectivity index is 1.46. The summed E-state index contributed by atoms with van der Waals surface area (Å²) in [6, 6.07) is 18.0. The Morgan fingerprint density at radius 3 is 2.77 bits per heavy atom. The number of rotatable bonds is 6. The van der Waals surface area contributed by atoms with Gasteiger partial charge in [0.2, 0.25) is 0 Å². The molecule has 2 N–H and O–H groups in total. The first-order valence-corrected chi connectivity index (χ1v) is 11.7. The number of urea groups is 1. The molecular weight excluding hydrogens is 432 g/mol. The number of para-hydroxylation sites is 1. The van der Waals surface area contributed by atoms with Crippen LogP contribution in [-0.2, 0) is 5.75 Å². The van der Waals surface area contributed by atoms with Crippen molar-refractivity contribution in [3.8, 4) is 0 Å². The maximum atomic E-state index is 12.5. The van der Waals surface area contributed by atoms with Gasteiger partial charge < -0.3 is 15.2 Å². The lowest BCUT2D eigenvalue weighted by Crippen LogP contribution is -2.19. The number of aryl methyl sites for hydroxylation is 1. The van der Waals surface area contributed by atoms with E-state index in [9.17, 15) is 9.59 Å². The summed E-state index contributed by atoms with van der Waals surface area (Å²) < 4.78 is 6.50. The Hall–Kier alpha value is -3.17. The van der Waals surface area contributed by atoms with Crippen molar-refractivity contribution in [2.45, 2.75) is 22.5 Å². The van der Waals surface area contributed by atoms with Crippen LogP contribution in [0.5, 0.6) is 0 Å². The van der Waals surface area contributed by atoms with E-state index < -0.39 is 0 Å². The van der Waals surface area contributed by atoms with Gasteiger partial charge in [-0.05, 0) is 43.5 Å². The molecule has 2 amide bonds. The molecule has 2 aromatic heterocycles. The third-order valence-corrected chi connectivity index (χ3v) is 6.19. The van der Waals surface area contributed by atoms with Gasteiger partial charge in [0, 0.05) is 33.4 Å². The average Bonchev–Trinajstić information content (AvgIpc) is 3.14. The van der Waals surface area contributed by atoms with E-state index in [0.717, 1.165) is 15.5 Å². The van der Waals surface area contributed by atoms with E-state index in [-0.39, 0.29) is 11.6 Å². The van der Waals surface area contributed by atoms with Gasteiger partial charge in [-0.15, -0.1) is 28.1 Å². The highest BCUT2D eigenvalue weighted by molar-refractivity contribution is 7.98. The lowest BCUT2D eigenvalue weighted by molar-refractivity contribution is 0.262. The third kappa shape index (κ3) is 5.12. The monoisotopic (exact) mass is 452 g/mol. The summed E-state index contributed by atoms with van der Waals surface area (Å²) >= 11 is 3.10. The predicted octanol–water partition coefficient (Wildman–Crippen LogP) is 5.25. The van der Waals surface area contributed by atoms with Crippen LogP contribution in [-0.4, -0.2) is 21.8 Å². The van der Waals surface area contributed by atoms with E-state index in [1.807, 2.05) is 54.8 Å². The topological polar surface area (TPSA) is 88.6 Å². The molecule has 158 valence electrons. The van der Waals surface area contributed by atoms with Crippen molar-refractivity contribution in [1.29, 1.82) is 0 Å². The minimum absolute atomic E-state index is 0.257. The number of aromatic nitrogens is 2. The first-order chi connectivity index (χ1) is 15.0. The zero-order valence-corrected chi connectivity index (χ0v) is 18.5. The Bertz CT molecular complexity index is 1300. The molecule has 4 rings (SSSR count). The maximum Gasteiger partial charge on any atom is 0.323 e. The number of thioether (sulfide) groups is 2. The van der Waals surface area contributed by atoms with Crippen LogP contribution in [0.4, 0.5) is 16.2 Å². The quantitative estimate of drug-likeness (QED) is 0.388. The fourth-order valence-corrected chi connectivity index (χ4v) is 4.34. The summed E-state index contributed by atoms with van der Waals surface area (Å²) in [6.45, 7) is 1.77. The molecule has 4 aromatic rings. The molecule has 2 heterocycles. The molecule has 0 bridgehead atoms. The molecule has 0 spiro atoms. The van der Waals surface area contributed by atoms with Crippen LogP contribution in [0.2, 0.25) is 0 Å². The van der Waals surface area contributed by atoms with E-state index in [4.69, 9.17) is 4.52 Å². The second kappa shape index (κ2) is 9.32. The second-order valence-corrected chi connectivity index (χ2v) is 8.58. The van der Waals surface area contributed by atoms with E-state index in [1.165, 1.54) is 22.4 Å². The highest BCUT2D eigenvalue weighted by Gasteiger charge is 2.10. The number of nitrogens with zero attached hydrogens (tertiary/aromatic N) is 2. The van der Waals surface area contributed by atoms with Crippen molar-refractivity contribution in [3.05, 3.63) is 82.5 Å². The molecule has 0 aliphatic rings. The SMILES string of the molecule is CSc1cccc(NC(=O)Nc2ccccc2SCc2cc(=O)n3oc(C)cc3n2)c1. The third-order valence-electron chi connectivity index (χ3n) is 4.36. The average molecular weight is 453 g/mol.